The first-order chi connectivity index (χ1) is 15.0. The molecular formula is C23H19ClN4O3. The number of nitrogens with one attached hydrogen (secondary N) is 2. The van der Waals surface area contributed by atoms with E-state index < -0.39 is 5.91 Å². The van der Waals surface area contributed by atoms with Crippen LogP contribution in [0.5, 0.6) is 0 Å². The van der Waals surface area contributed by atoms with Gasteiger partial charge in [0.1, 0.15) is 0 Å². The maximum absolute atomic E-state index is 13.3. The molecule has 8 heteroatoms. The molecule has 0 fully saturated rings. The van der Waals surface area contributed by atoms with Crippen LogP contribution in [-0.4, -0.2) is 20.7 Å². The molecule has 1 aromatic heterocycles. The Hall–Kier alpha value is -3.68. The van der Waals surface area contributed by atoms with Gasteiger partial charge < -0.3 is 5.32 Å². The highest BCUT2D eigenvalue weighted by atomic mass is 35.5. The molecule has 0 aliphatic rings. The van der Waals surface area contributed by atoms with E-state index in [1.165, 1.54) is 12.1 Å². The van der Waals surface area contributed by atoms with E-state index in [4.69, 9.17) is 16.8 Å². The Kier molecular flexibility index (Phi) is 5.97. The second-order valence-corrected chi connectivity index (χ2v) is 7.40. The van der Waals surface area contributed by atoms with Gasteiger partial charge in [0.05, 0.1) is 17.4 Å². The zero-order valence-electron chi connectivity index (χ0n) is 16.4. The van der Waals surface area contributed by atoms with Crippen LogP contribution >= 0.6 is 11.6 Å². The molecule has 1 amide bonds. The van der Waals surface area contributed by atoms with Crippen LogP contribution in [0, 0.1) is 0 Å². The van der Waals surface area contributed by atoms with Crippen LogP contribution in [0.3, 0.4) is 0 Å². The summed E-state index contributed by atoms with van der Waals surface area (Å²) in [5, 5.41) is 13.1. The molecule has 0 aliphatic heterocycles. The van der Waals surface area contributed by atoms with Gasteiger partial charge in [-0.15, -0.1) is 0 Å². The Balaban J connectivity index is 1.78. The lowest BCUT2D eigenvalue weighted by Gasteiger charge is -2.15. The van der Waals surface area contributed by atoms with Crippen molar-refractivity contribution in [3.63, 3.8) is 0 Å². The van der Waals surface area contributed by atoms with Crippen molar-refractivity contribution >= 4 is 34.4 Å². The second kappa shape index (κ2) is 8.99. The average Bonchev–Trinajstić information content (AvgIpc) is 2.80. The largest absolute Gasteiger partial charge is 0.351 e. The summed E-state index contributed by atoms with van der Waals surface area (Å²) in [7, 11) is 0. The van der Waals surface area contributed by atoms with E-state index in [1.54, 1.807) is 28.2 Å². The van der Waals surface area contributed by atoms with Gasteiger partial charge in [-0.3, -0.25) is 19.4 Å². The van der Waals surface area contributed by atoms with Crippen molar-refractivity contribution in [3.8, 4) is 0 Å². The SMILES string of the molecule is O=C(NO)c1ccc2c(=O)n(Cc3ccccc3)c(NCc3ccc(Cl)cc3)nc2c1. The van der Waals surface area contributed by atoms with Gasteiger partial charge in [0.15, 0.2) is 0 Å². The monoisotopic (exact) mass is 434 g/mol. The number of benzene rings is 3. The molecule has 0 unspecified atom stereocenters. The van der Waals surface area contributed by atoms with E-state index in [-0.39, 0.29) is 11.1 Å². The Morgan fingerprint density at radius 3 is 2.45 bits per heavy atom. The number of halogens is 1. The molecular weight excluding hydrogens is 416 g/mol. The number of aromatic nitrogens is 2. The van der Waals surface area contributed by atoms with Crippen LogP contribution in [0.15, 0.2) is 77.6 Å². The minimum Gasteiger partial charge on any atom is -0.351 e. The zero-order chi connectivity index (χ0) is 21.8. The number of hydroxylamine groups is 1. The van der Waals surface area contributed by atoms with Gasteiger partial charge in [-0.25, -0.2) is 10.5 Å². The summed E-state index contributed by atoms with van der Waals surface area (Å²) in [4.78, 5) is 29.7. The summed E-state index contributed by atoms with van der Waals surface area (Å²) < 4.78 is 1.57. The first kappa shape index (κ1) is 20.6. The number of hydrogen-bond acceptors (Lipinski definition) is 5. The fraction of sp³-hybridized carbons (Fsp3) is 0.0870. The summed E-state index contributed by atoms with van der Waals surface area (Å²) in [6, 6.07) is 21.5. The number of carbonyl (C=O) groups excluding carboxylic acids is 1. The Morgan fingerprint density at radius 1 is 1.00 bits per heavy atom. The van der Waals surface area contributed by atoms with Crippen LogP contribution in [0.1, 0.15) is 21.5 Å². The van der Waals surface area contributed by atoms with Crippen LogP contribution in [0.4, 0.5) is 5.95 Å². The number of nitrogens with zero attached hydrogens (tertiary/aromatic N) is 2. The first-order valence-electron chi connectivity index (χ1n) is 9.56. The molecule has 3 N–H and O–H groups in total. The Bertz CT molecular complexity index is 1290. The van der Waals surface area contributed by atoms with Crippen LogP contribution in [0.2, 0.25) is 5.02 Å². The third-order valence-electron chi connectivity index (χ3n) is 4.87. The van der Waals surface area contributed by atoms with E-state index in [0.717, 1.165) is 11.1 Å². The maximum atomic E-state index is 13.3. The predicted molar refractivity (Wildman–Crippen MR) is 120 cm³/mol. The number of rotatable bonds is 6. The quantitative estimate of drug-likeness (QED) is 0.316. The van der Waals surface area contributed by atoms with Gasteiger partial charge in [0.2, 0.25) is 5.95 Å². The highest BCUT2D eigenvalue weighted by Gasteiger charge is 2.14. The Labute approximate surface area is 182 Å². The summed E-state index contributed by atoms with van der Waals surface area (Å²) >= 11 is 5.95. The molecule has 31 heavy (non-hydrogen) atoms. The average molecular weight is 435 g/mol. The molecule has 0 radical (unpaired) electrons. The molecule has 4 rings (SSSR count). The van der Waals surface area contributed by atoms with Gasteiger partial charge in [-0.2, -0.15) is 0 Å². The Morgan fingerprint density at radius 2 is 1.74 bits per heavy atom. The lowest BCUT2D eigenvalue weighted by atomic mass is 10.1. The highest BCUT2D eigenvalue weighted by molar-refractivity contribution is 6.30. The molecule has 0 saturated carbocycles. The minimum atomic E-state index is -0.673. The molecule has 4 aromatic rings. The van der Waals surface area contributed by atoms with Crippen molar-refractivity contribution in [1.29, 1.82) is 0 Å². The molecule has 156 valence electrons. The standard InChI is InChI=1S/C23H19ClN4O3/c24-18-9-6-15(7-10-18)13-25-23-26-20-12-17(21(29)27-31)8-11-19(20)22(30)28(23)14-16-4-2-1-3-5-16/h1-12,31H,13-14H2,(H,25,26)(H,27,29). The minimum absolute atomic E-state index is 0.200. The highest BCUT2D eigenvalue weighted by Crippen LogP contribution is 2.17. The van der Waals surface area contributed by atoms with E-state index in [1.807, 2.05) is 42.5 Å². The lowest BCUT2D eigenvalue weighted by Crippen LogP contribution is -2.26. The number of anilines is 1. The number of amides is 1. The fourth-order valence-electron chi connectivity index (χ4n) is 3.26. The van der Waals surface area contributed by atoms with Gasteiger partial charge >= 0.3 is 0 Å². The lowest BCUT2D eigenvalue weighted by molar-refractivity contribution is 0.0706. The summed E-state index contributed by atoms with van der Waals surface area (Å²) in [5.41, 5.74) is 3.84. The summed E-state index contributed by atoms with van der Waals surface area (Å²) in [6.07, 6.45) is 0. The second-order valence-electron chi connectivity index (χ2n) is 6.97. The van der Waals surface area contributed by atoms with Crippen molar-refractivity contribution in [2.75, 3.05) is 5.32 Å². The summed E-state index contributed by atoms with van der Waals surface area (Å²) in [5.74, 6) is -0.300. The number of fused-ring (bicyclic) bond motifs is 1. The van der Waals surface area contributed by atoms with Crippen LogP contribution < -0.4 is 16.4 Å². The smallest absolute Gasteiger partial charge is 0.274 e. The van der Waals surface area contributed by atoms with Gasteiger partial charge in [-0.1, -0.05) is 54.1 Å². The van der Waals surface area contributed by atoms with Crippen molar-refractivity contribution < 1.29 is 10.0 Å². The van der Waals surface area contributed by atoms with Crippen LogP contribution in [-0.2, 0) is 13.1 Å². The molecule has 1 heterocycles. The first-order valence-corrected chi connectivity index (χ1v) is 9.94. The third-order valence-corrected chi connectivity index (χ3v) is 5.12. The van der Waals surface area contributed by atoms with Crippen LogP contribution in [0.25, 0.3) is 10.9 Å². The molecule has 0 aliphatic carbocycles. The normalized spacial score (nSPS) is 10.8. The van der Waals surface area contributed by atoms with E-state index in [9.17, 15) is 9.59 Å². The molecule has 0 spiro atoms. The molecule has 0 saturated heterocycles. The molecule has 0 bridgehead atoms. The maximum Gasteiger partial charge on any atom is 0.274 e. The van der Waals surface area contributed by atoms with Crippen molar-refractivity contribution in [1.82, 2.24) is 15.0 Å². The molecule has 0 atom stereocenters. The summed E-state index contributed by atoms with van der Waals surface area (Å²) in [6.45, 7) is 0.769. The van der Waals surface area contributed by atoms with E-state index >= 15 is 0 Å². The van der Waals surface area contributed by atoms with Crippen molar-refractivity contribution in [3.05, 3.63) is 105 Å². The van der Waals surface area contributed by atoms with E-state index in [2.05, 4.69) is 10.3 Å². The molecule has 7 nitrogen and oxygen atoms in total. The third kappa shape index (κ3) is 4.58. The van der Waals surface area contributed by atoms with Gasteiger partial charge in [-0.05, 0) is 41.5 Å². The van der Waals surface area contributed by atoms with Gasteiger partial charge in [0, 0.05) is 17.1 Å². The predicted octanol–water partition coefficient (Wildman–Crippen LogP) is 3.83. The van der Waals surface area contributed by atoms with E-state index in [0.29, 0.717) is 35.0 Å². The van der Waals surface area contributed by atoms with Gasteiger partial charge in [0.25, 0.3) is 11.5 Å². The topological polar surface area (TPSA) is 96.3 Å². The fourth-order valence-corrected chi connectivity index (χ4v) is 3.38. The molecule has 3 aromatic carbocycles. The number of carbonyl (C=O) groups is 1. The van der Waals surface area contributed by atoms with Crippen molar-refractivity contribution in [2.45, 2.75) is 13.1 Å². The zero-order valence-corrected chi connectivity index (χ0v) is 17.1. The van der Waals surface area contributed by atoms with Crippen molar-refractivity contribution in [2.24, 2.45) is 0 Å². The number of hydrogen-bond donors (Lipinski definition) is 3.